The van der Waals surface area contributed by atoms with Crippen LogP contribution in [0, 0.1) is 0 Å². The van der Waals surface area contributed by atoms with Crippen LogP contribution in [0.25, 0.3) is 10.9 Å². The van der Waals surface area contributed by atoms with Crippen LogP contribution in [-0.2, 0) is 17.2 Å². The van der Waals surface area contributed by atoms with Crippen LogP contribution in [0.5, 0.6) is 5.75 Å². The monoisotopic (exact) mass is 499 g/mol. The van der Waals surface area contributed by atoms with Gasteiger partial charge in [-0.15, -0.1) is 0 Å². The highest BCUT2D eigenvalue weighted by atomic mass is 35.5. The van der Waals surface area contributed by atoms with Crippen LogP contribution in [0.4, 0.5) is 4.79 Å². The van der Waals surface area contributed by atoms with E-state index in [2.05, 4.69) is 4.98 Å². The van der Waals surface area contributed by atoms with Crippen LogP contribution in [0.15, 0.2) is 52.1 Å². The molecule has 35 heavy (non-hydrogen) atoms. The third-order valence-corrected chi connectivity index (χ3v) is 6.70. The standard InChI is InChI=1S/C26H30ClN3O5/c1-25(2,3)35-24(33)30-13-11-26(12-14-30,17-5-7-18(27)8-6-17)16-34-19-9-10-20-21(15-19)29(4)23(32)28-22(20)31/h5-10,15H,11-14,16H2,1-4H3,(H,28,31,32). The Morgan fingerprint density at radius 1 is 1.09 bits per heavy atom. The zero-order valence-corrected chi connectivity index (χ0v) is 21.1. The molecule has 1 aliphatic rings. The molecule has 8 nitrogen and oxygen atoms in total. The van der Waals surface area contributed by atoms with Crippen molar-refractivity contribution in [2.45, 2.75) is 44.6 Å². The van der Waals surface area contributed by atoms with Gasteiger partial charge in [0.25, 0.3) is 5.56 Å². The van der Waals surface area contributed by atoms with Crippen molar-refractivity contribution >= 4 is 28.6 Å². The van der Waals surface area contributed by atoms with E-state index in [1.165, 1.54) is 4.57 Å². The number of hydrogen-bond acceptors (Lipinski definition) is 5. The number of H-pyrrole nitrogens is 1. The maximum absolute atomic E-state index is 12.6. The molecule has 1 N–H and O–H groups in total. The van der Waals surface area contributed by atoms with Gasteiger partial charge >= 0.3 is 11.8 Å². The van der Waals surface area contributed by atoms with Crippen molar-refractivity contribution in [3.63, 3.8) is 0 Å². The fourth-order valence-corrected chi connectivity index (χ4v) is 4.54. The number of ether oxygens (including phenoxy) is 2. The number of halogens is 1. The summed E-state index contributed by atoms with van der Waals surface area (Å²) in [7, 11) is 1.60. The Bertz CT molecular complexity index is 1350. The molecule has 1 aliphatic heterocycles. The Labute approximate surface area is 208 Å². The number of fused-ring (bicyclic) bond motifs is 1. The minimum Gasteiger partial charge on any atom is -0.493 e. The molecule has 0 saturated carbocycles. The molecule has 1 aromatic heterocycles. The first kappa shape index (κ1) is 24.9. The van der Waals surface area contributed by atoms with Gasteiger partial charge < -0.3 is 14.4 Å². The Morgan fingerprint density at radius 2 is 1.74 bits per heavy atom. The van der Waals surface area contributed by atoms with Crippen molar-refractivity contribution in [3.8, 4) is 5.75 Å². The molecule has 186 valence electrons. The summed E-state index contributed by atoms with van der Waals surface area (Å²) < 4.78 is 13.2. The Hall–Kier alpha value is -3.26. The molecule has 1 saturated heterocycles. The average Bonchev–Trinajstić information content (AvgIpc) is 2.81. The number of amides is 1. The fraction of sp³-hybridized carbons (Fsp3) is 0.423. The number of likely N-dealkylation sites (tertiary alicyclic amines) is 1. The predicted octanol–water partition coefficient (Wildman–Crippen LogP) is 4.23. The molecule has 0 spiro atoms. The first-order valence-corrected chi connectivity index (χ1v) is 12.0. The van der Waals surface area contributed by atoms with Crippen molar-refractivity contribution in [1.29, 1.82) is 0 Å². The van der Waals surface area contributed by atoms with E-state index in [1.807, 2.05) is 45.0 Å². The van der Waals surface area contributed by atoms with Gasteiger partial charge in [0.15, 0.2) is 0 Å². The lowest BCUT2D eigenvalue weighted by Crippen LogP contribution is -2.49. The highest BCUT2D eigenvalue weighted by Gasteiger charge is 2.39. The minimum atomic E-state index is -0.553. The maximum atomic E-state index is 12.6. The number of nitrogens with one attached hydrogen (secondary N) is 1. The van der Waals surface area contributed by atoms with E-state index in [1.54, 1.807) is 30.1 Å². The van der Waals surface area contributed by atoms with E-state index in [9.17, 15) is 14.4 Å². The number of aromatic amines is 1. The molecule has 0 aliphatic carbocycles. The van der Waals surface area contributed by atoms with Crippen molar-refractivity contribution in [3.05, 3.63) is 73.9 Å². The maximum Gasteiger partial charge on any atom is 0.410 e. The Kier molecular flexibility index (Phi) is 6.68. The highest BCUT2D eigenvalue weighted by molar-refractivity contribution is 6.30. The van der Waals surface area contributed by atoms with E-state index in [-0.39, 0.29) is 11.5 Å². The number of aryl methyl sites for hydroxylation is 1. The Morgan fingerprint density at radius 3 is 2.37 bits per heavy atom. The van der Waals surface area contributed by atoms with Gasteiger partial charge in [0, 0.05) is 36.6 Å². The van der Waals surface area contributed by atoms with E-state index in [0.29, 0.717) is 54.2 Å². The van der Waals surface area contributed by atoms with Gasteiger partial charge in [-0.3, -0.25) is 14.3 Å². The second-order valence-electron chi connectivity index (χ2n) is 10.0. The summed E-state index contributed by atoms with van der Waals surface area (Å²) in [5, 5.41) is 1.06. The van der Waals surface area contributed by atoms with E-state index in [4.69, 9.17) is 21.1 Å². The van der Waals surface area contributed by atoms with E-state index in [0.717, 1.165) is 5.56 Å². The highest BCUT2D eigenvalue weighted by Crippen LogP contribution is 2.37. The lowest BCUT2D eigenvalue weighted by Gasteiger charge is -2.42. The number of nitrogens with zero attached hydrogens (tertiary/aromatic N) is 2. The number of benzene rings is 2. The smallest absolute Gasteiger partial charge is 0.410 e. The van der Waals surface area contributed by atoms with Crippen molar-refractivity contribution < 1.29 is 14.3 Å². The molecule has 4 rings (SSSR count). The molecule has 1 amide bonds. The van der Waals surface area contributed by atoms with Crippen LogP contribution >= 0.6 is 11.6 Å². The first-order valence-electron chi connectivity index (χ1n) is 11.6. The number of piperidine rings is 1. The first-order chi connectivity index (χ1) is 16.5. The summed E-state index contributed by atoms with van der Waals surface area (Å²) >= 11 is 6.13. The molecule has 3 aromatic rings. The summed E-state index contributed by atoms with van der Waals surface area (Å²) in [5.41, 5.74) is -0.235. The predicted molar refractivity (Wildman–Crippen MR) is 135 cm³/mol. The summed E-state index contributed by atoms with van der Waals surface area (Å²) in [6.07, 6.45) is 1.04. The number of aromatic nitrogens is 2. The molecule has 2 aromatic carbocycles. The third kappa shape index (κ3) is 5.37. The van der Waals surface area contributed by atoms with Gasteiger partial charge in [0.1, 0.15) is 11.4 Å². The van der Waals surface area contributed by atoms with Crippen LogP contribution in [0.2, 0.25) is 5.02 Å². The third-order valence-electron chi connectivity index (χ3n) is 6.44. The van der Waals surface area contributed by atoms with Gasteiger partial charge in [0.2, 0.25) is 0 Å². The van der Waals surface area contributed by atoms with Crippen molar-refractivity contribution in [1.82, 2.24) is 14.5 Å². The normalized spacial score (nSPS) is 15.7. The molecule has 2 heterocycles. The summed E-state index contributed by atoms with van der Waals surface area (Å²) in [5.74, 6) is 0.556. The molecule has 0 atom stereocenters. The second-order valence-corrected chi connectivity index (χ2v) is 10.5. The van der Waals surface area contributed by atoms with Crippen LogP contribution in [-0.4, -0.2) is 45.8 Å². The topological polar surface area (TPSA) is 93.6 Å². The zero-order valence-electron chi connectivity index (χ0n) is 20.4. The minimum absolute atomic E-state index is 0.316. The zero-order chi connectivity index (χ0) is 25.4. The molecule has 9 heteroatoms. The van der Waals surface area contributed by atoms with Gasteiger partial charge in [0.05, 0.1) is 17.5 Å². The fourth-order valence-electron chi connectivity index (χ4n) is 4.41. The number of hydrogen-bond donors (Lipinski definition) is 1. The molecule has 0 unspecified atom stereocenters. The van der Waals surface area contributed by atoms with Crippen LogP contribution in [0.1, 0.15) is 39.2 Å². The van der Waals surface area contributed by atoms with Crippen molar-refractivity contribution in [2.75, 3.05) is 19.7 Å². The molecular formula is C26H30ClN3O5. The largest absolute Gasteiger partial charge is 0.493 e. The van der Waals surface area contributed by atoms with Gasteiger partial charge in [-0.2, -0.15) is 0 Å². The summed E-state index contributed by atoms with van der Waals surface area (Å²) in [6, 6.07) is 12.8. The number of carbonyl (C=O) groups is 1. The summed E-state index contributed by atoms with van der Waals surface area (Å²) in [6.45, 7) is 6.99. The van der Waals surface area contributed by atoms with Gasteiger partial charge in [-0.25, -0.2) is 9.59 Å². The molecular weight excluding hydrogens is 470 g/mol. The van der Waals surface area contributed by atoms with Gasteiger partial charge in [-0.05, 0) is 63.4 Å². The molecule has 0 bridgehead atoms. The number of carbonyl (C=O) groups excluding carboxylic acids is 1. The molecule has 1 fully saturated rings. The van der Waals surface area contributed by atoms with E-state index < -0.39 is 16.9 Å². The van der Waals surface area contributed by atoms with Crippen molar-refractivity contribution in [2.24, 2.45) is 7.05 Å². The molecule has 0 radical (unpaired) electrons. The summed E-state index contributed by atoms with van der Waals surface area (Å²) in [4.78, 5) is 40.8. The lowest BCUT2D eigenvalue weighted by molar-refractivity contribution is 0.0133. The number of rotatable bonds is 4. The SMILES string of the molecule is Cn1c(=O)[nH]c(=O)c2ccc(OCC3(c4ccc(Cl)cc4)CCN(C(=O)OC(C)(C)C)CC3)cc21. The van der Waals surface area contributed by atoms with Crippen LogP contribution in [0.3, 0.4) is 0 Å². The lowest BCUT2D eigenvalue weighted by atomic mass is 9.73. The Balaban J connectivity index is 1.59. The van der Waals surface area contributed by atoms with E-state index >= 15 is 0 Å². The quantitative estimate of drug-likeness (QED) is 0.580. The second kappa shape index (κ2) is 9.41. The van der Waals surface area contributed by atoms with Gasteiger partial charge in [-0.1, -0.05) is 23.7 Å². The average molecular weight is 500 g/mol. The van der Waals surface area contributed by atoms with Crippen LogP contribution < -0.4 is 16.0 Å².